The molecule has 1 aromatic carbocycles. The van der Waals surface area contributed by atoms with Crippen molar-refractivity contribution in [1.29, 1.82) is 0 Å². The van der Waals surface area contributed by atoms with Crippen LogP contribution >= 0.6 is 0 Å². The number of aldehydes is 1. The van der Waals surface area contributed by atoms with Crippen LogP contribution in [0.15, 0.2) is 18.2 Å². The average Bonchev–Trinajstić information content (AvgIpc) is 3.01. The van der Waals surface area contributed by atoms with E-state index >= 15 is 0 Å². The van der Waals surface area contributed by atoms with E-state index in [-0.39, 0.29) is 6.10 Å². The van der Waals surface area contributed by atoms with Gasteiger partial charge in [-0.2, -0.15) is 0 Å². The van der Waals surface area contributed by atoms with Crippen LogP contribution in [0, 0.1) is 5.82 Å². The SMILES string of the molecule is CC1(C)OCC(Cn2c(C(C)(C)C=O)cc3cc(O)c(F)cc32)O1. The third kappa shape index (κ3) is 2.91. The molecule has 3 rings (SSSR count). The van der Waals surface area contributed by atoms with Crippen LogP contribution in [0.3, 0.4) is 0 Å². The number of rotatable bonds is 4. The minimum atomic E-state index is -0.750. The molecule has 1 aliphatic heterocycles. The second kappa shape index (κ2) is 5.57. The number of hydrogen-bond acceptors (Lipinski definition) is 4. The van der Waals surface area contributed by atoms with Crippen LogP contribution in [-0.4, -0.2) is 34.5 Å². The van der Waals surface area contributed by atoms with Gasteiger partial charge in [0.25, 0.3) is 0 Å². The van der Waals surface area contributed by atoms with Gasteiger partial charge in [0.15, 0.2) is 17.4 Å². The highest BCUT2D eigenvalue weighted by Crippen LogP contribution is 2.33. The fourth-order valence-electron chi connectivity index (χ4n) is 3.12. The Labute approximate surface area is 140 Å². The summed E-state index contributed by atoms with van der Waals surface area (Å²) in [5.41, 5.74) is 0.606. The zero-order valence-electron chi connectivity index (χ0n) is 14.3. The van der Waals surface area contributed by atoms with Crippen LogP contribution < -0.4 is 0 Å². The monoisotopic (exact) mass is 335 g/mol. The van der Waals surface area contributed by atoms with E-state index in [2.05, 4.69) is 0 Å². The van der Waals surface area contributed by atoms with Gasteiger partial charge >= 0.3 is 0 Å². The van der Waals surface area contributed by atoms with Crippen LogP contribution in [0.5, 0.6) is 5.75 Å². The van der Waals surface area contributed by atoms with Gasteiger partial charge in [-0.25, -0.2) is 4.39 Å². The zero-order chi connectivity index (χ0) is 17.7. The Morgan fingerprint density at radius 1 is 1.42 bits per heavy atom. The molecule has 1 saturated heterocycles. The molecule has 1 aliphatic rings. The number of phenols is 1. The maximum atomic E-state index is 13.9. The largest absolute Gasteiger partial charge is 0.505 e. The summed E-state index contributed by atoms with van der Waals surface area (Å²) in [5.74, 6) is -1.75. The molecule has 0 amide bonds. The molecule has 5 nitrogen and oxygen atoms in total. The molecule has 1 N–H and O–H groups in total. The minimum Gasteiger partial charge on any atom is -0.505 e. The van der Waals surface area contributed by atoms with Crippen molar-refractivity contribution in [2.24, 2.45) is 0 Å². The Morgan fingerprint density at radius 3 is 2.71 bits per heavy atom. The number of aromatic nitrogens is 1. The van der Waals surface area contributed by atoms with Crippen molar-refractivity contribution in [2.45, 2.75) is 51.5 Å². The lowest BCUT2D eigenvalue weighted by molar-refractivity contribution is -0.139. The fraction of sp³-hybridized carbons (Fsp3) is 0.500. The third-order valence-corrected chi connectivity index (χ3v) is 4.38. The van der Waals surface area contributed by atoms with Crippen LogP contribution in [0.1, 0.15) is 33.4 Å². The van der Waals surface area contributed by atoms with Gasteiger partial charge in [-0.15, -0.1) is 0 Å². The summed E-state index contributed by atoms with van der Waals surface area (Å²) < 4.78 is 27.2. The number of hydrogen-bond donors (Lipinski definition) is 1. The van der Waals surface area contributed by atoms with Gasteiger partial charge in [0.2, 0.25) is 0 Å². The van der Waals surface area contributed by atoms with E-state index in [1.807, 2.05) is 24.5 Å². The van der Waals surface area contributed by atoms with Gasteiger partial charge in [0, 0.05) is 17.1 Å². The maximum Gasteiger partial charge on any atom is 0.166 e. The number of ether oxygens (including phenoxy) is 2. The molecular formula is C18H22FNO4. The number of aromatic hydroxyl groups is 1. The van der Waals surface area contributed by atoms with Gasteiger partial charge in [-0.1, -0.05) is 0 Å². The van der Waals surface area contributed by atoms with Gasteiger partial charge in [0.1, 0.15) is 12.4 Å². The molecule has 2 aromatic rings. The predicted octanol–water partition coefficient (Wildman–Crippen LogP) is 3.11. The maximum absolute atomic E-state index is 13.9. The van der Waals surface area contributed by atoms with E-state index in [4.69, 9.17) is 9.47 Å². The lowest BCUT2D eigenvalue weighted by Gasteiger charge is -2.23. The molecule has 1 fully saturated rings. The van der Waals surface area contributed by atoms with Crippen molar-refractivity contribution >= 4 is 17.2 Å². The number of fused-ring (bicyclic) bond motifs is 1. The summed E-state index contributed by atoms with van der Waals surface area (Å²) in [6.45, 7) is 8.15. The molecule has 1 unspecified atom stereocenters. The van der Waals surface area contributed by atoms with E-state index in [1.165, 1.54) is 12.1 Å². The highest BCUT2D eigenvalue weighted by molar-refractivity contribution is 5.85. The first-order valence-electron chi connectivity index (χ1n) is 7.93. The van der Waals surface area contributed by atoms with E-state index in [9.17, 15) is 14.3 Å². The van der Waals surface area contributed by atoms with E-state index < -0.39 is 22.8 Å². The van der Waals surface area contributed by atoms with Crippen molar-refractivity contribution in [3.05, 3.63) is 29.7 Å². The number of carbonyl (C=O) groups is 1. The molecule has 0 aliphatic carbocycles. The second-order valence-electron chi connectivity index (χ2n) is 7.29. The first kappa shape index (κ1) is 16.9. The Hall–Kier alpha value is -1.92. The third-order valence-electron chi connectivity index (χ3n) is 4.38. The van der Waals surface area contributed by atoms with Crippen molar-refractivity contribution in [3.8, 4) is 5.75 Å². The Balaban J connectivity index is 2.10. The van der Waals surface area contributed by atoms with E-state index in [0.29, 0.717) is 24.1 Å². The van der Waals surface area contributed by atoms with Crippen LogP contribution in [0.2, 0.25) is 0 Å². The Kier molecular flexibility index (Phi) is 3.92. The standard InChI is InChI=1S/C18H22FNO4/c1-17(2,10-21)16-6-11-5-15(22)13(19)7-14(11)20(16)8-12-9-23-18(3,4)24-12/h5-7,10,12,22H,8-9H2,1-4H3. The molecule has 0 radical (unpaired) electrons. The van der Waals surface area contributed by atoms with Crippen LogP contribution in [0.4, 0.5) is 4.39 Å². The first-order chi connectivity index (χ1) is 11.1. The van der Waals surface area contributed by atoms with Gasteiger partial charge in [0.05, 0.1) is 24.1 Å². The number of carbonyl (C=O) groups excluding carboxylic acids is 1. The molecule has 0 spiro atoms. The second-order valence-corrected chi connectivity index (χ2v) is 7.29. The average molecular weight is 335 g/mol. The predicted molar refractivity (Wildman–Crippen MR) is 87.6 cm³/mol. The highest BCUT2D eigenvalue weighted by atomic mass is 19.1. The molecule has 2 heterocycles. The topological polar surface area (TPSA) is 60.7 Å². The summed E-state index contributed by atoms with van der Waals surface area (Å²) in [5, 5.41) is 10.3. The fourth-order valence-corrected chi connectivity index (χ4v) is 3.12. The molecule has 24 heavy (non-hydrogen) atoms. The van der Waals surface area contributed by atoms with Crippen molar-refractivity contribution in [3.63, 3.8) is 0 Å². The molecule has 6 heteroatoms. The van der Waals surface area contributed by atoms with Crippen LogP contribution in [0.25, 0.3) is 10.9 Å². The van der Waals surface area contributed by atoms with Crippen molar-refractivity contribution in [1.82, 2.24) is 4.57 Å². The van der Waals surface area contributed by atoms with Gasteiger partial charge in [-0.05, 0) is 39.8 Å². The number of halogens is 1. The summed E-state index contributed by atoms with van der Waals surface area (Å²) in [7, 11) is 0. The van der Waals surface area contributed by atoms with E-state index in [1.54, 1.807) is 13.8 Å². The highest BCUT2D eigenvalue weighted by Gasteiger charge is 2.34. The zero-order valence-corrected chi connectivity index (χ0v) is 14.3. The summed E-state index contributed by atoms with van der Waals surface area (Å²) in [6, 6.07) is 4.47. The number of nitrogens with zero attached hydrogens (tertiary/aromatic N) is 1. The number of benzene rings is 1. The summed E-state index contributed by atoms with van der Waals surface area (Å²) >= 11 is 0. The number of phenolic OH excluding ortho intramolecular Hbond substituents is 1. The van der Waals surface area contributed by atoms with E-state index in [0.717, 1.165) is 12.0 Å². The lowest BCUT2D eigenvalue weighted by Crippen LogP contribution is -2.28. The minimum absolute atomic E-state index is 0.200. The summed E-state index contributed by atoms with van der Waals surface area (Å²) in [4.78, 5) is 11.5. The molecular weight excluding hydrogens is 313 g/mol. The Morgan fingerprint density at radius 2 is 2.12 bits per heavy atom. The molecule has 0 bridgehead atoms. The Bertz CT molecular complexity index is 794. The normalized spacial score (nSPS) is 20.6. The van der Waals surface area contributed by atoms with Crippen LogP contribution in [-0.2, 0) is 26.2 Å². The molecule has 130 valence electrons. The summed E-state index contributed by atoms with van der Waals surface area (Å²) in [6.07, 6.45) is 0.665. The quantitative estimate of drug-likeness (QED) is 0.872. The van der Waals surface area contributed by atoms with Gasteiger partial charge in [-0.3, -0.25) is 0 Å². The van der Waals surface area contributed by atoms with Crippen molar-refractivity contribution < 1.29 is 23.8 Å². The van der Waals surface area contributed by atoms with Crippen molar-refractivity contribution in [2.75, 3.05) is 6.61 Å². The van der Waals surface area contributed by atoms with Gasteiger partial charge < -0.3 is 23.9 Å². The lowest BCUT2D eigenvalue weighted by atomic mass is 9.91. The first-order valence-corrected chi connectivity index (χ1v) is 7.93. The molecule has 0 saturated carbocycles. The molecule has 1 aromatic heterocycles. The molecule has 1 atom stereocenters. The smallest absolute Gasteiger partial charge is 0.166 e.